The minimum Gasteiger partial charge on any atom is -0.109 e. The van der Waals surface area contributed by atoms with Gasteiger partial charge in [-0.2, -0.15) is 0 Å². The summed E-state index contributed by atoms with van der Waals surface area (Å²) < 4.78 is 0. The highest BCUT2D eigenvalue weighted by Gasteiger charge is 2.02. The van der Waals surface area contributed by atoms with Crippen LogP contribution in [-0.4, -0.2) is 7.28 Å². The third-order valence-electron chi connectivity index (χ3n) is 8.87. The standard InChI is InChI=1S/C43H79B/c1-4-7-10-13-15-17-19-21-23-25-27-29-31-33-35-38-41-43(40-37-12-9-6-3)44-42-39-36-34-32-30-28-26-24-22-20-18-16-14-11-8-5-2/h15-18,21,23-24,26,40,44H,4-14,19-20,22,25,27-39,41-42H2,1-3H3/b17-15-,18-16-,23-21-,26-24-,43-40+. The summed E-state index contributed by atoms with van der Waals surface area (Å²) in [6.45, 7) is 6.87. The van der Waals surface area contributed by atoms with Crippen LogP contribution >= 0.6 is 0 Å². The van der Waals surface area contributed by atoms with E-state index in [1.807, 2.05) is 0 Å². The molecule has 0 bridgehead atoms. The molecule has 0 heterocycles. The van der Waals surface area contributed by atoms with Gasteiger partial charge >= 0.3 is 0 Å². The highest BCUT2D eigenvalue weighted by atomic mass is 14.0. The molecule has 0 aliphatic rings. The maximum Gasteiger partial charge on any atom is 0.151 e. The minimum absolute atomic E-state index is 1.12. The molecule has 0 radical (unpaired) electrons. The van der Waals surface area contributed by atoms with Crippen molar-refractivity contribution >= 4 is 7.28 Å². The van der Waals surface area contributed by atoms with E-state index in [0.29, 0.717) is 0 Å². The van der Waals surface area contributed by atoms with Gasteiger partial charge in [0.05, 0.1) is 0 Å². The lowest BCUT2D eigenvalue weighted by atomic mass is 9.63. The van der Waals surface area contributed by atoms with E-state index in [-0.39, 0.29) is 0 Å². The summed E-state index contributed by atoms with van der Waals surface area (Å²) in [6.07, 6.45) is 62.1. The van der Waals surface area contributed by atoms with Gasteiger partial charge in [0.1, 0.15) is 0 Å². The SMILES string of the molecule is CCCCC/C=C\C/C=C\CCCCCCCC/C(BCCCCCCC/C=C\CC/C=C\CCCCC)=C\CCCCC. The summed E-state index contributed by atoms with van der Waals surface area (Å²) in [5.41, 5.74) is 1.78. The monoisotopic (exact) mass is 607 g/mol. The van der Waals surface area contributed by atoms with Crippen molar-refractivity contribution in [2.24, 2.45) is 0 Å². The smallest absolute Gasteiger partial charge is 0.109 e. The molecule has 0 rings (SSSR count). The highest BCUT2D eigenvalue weighted by Crippen LogP contribution is 2.16. The predicted octanol–water partition coefficient (Wildman–Crippen LogP) is 15.3. The fraction of sp³-hybridized carbons (Fsp3) is 0.767. The van der Waals surface area contributed by atoms with E-state index < -0.39 is 0 Å². The van der Waals surface area contributed by atoms with Gasteiger partial charge in [-0.25, -0.2) is 0 Å². The molecular weight excluding hydrogens is 527 g/mol. The largest absolute Gasteiger partial charge is 0.151 e. The molecule has 0 nitrogen and oxygen atoms in total. The van der Waals surface area contributed by atoms with Crippen LogP contribution in [0.5, 0.6) is 0 Å². The van der Waals surface area contributed by atoms with E-state index in [1.165, 1.54) is 193 Å². The number of unbranched alkanes of at least 4 members (excludes halogenated alkanes) is 21. The zero-order valence-electron chi connectivity index (χ0n) is 30.6. The third kappa shape index (κ3) is 37.0. The first-order chi connectivity index (χ1) is 21.8. The molecule has 0 fully saturated rings. The Labute approximate surface area is 280 Å². The highest BCUT2D eigenvalue weighted by molar-refractivity contribution is 6.45. The van der Waals surface area contributed by atoms with E-state index in [0.717, 1.165) is 6.42 Å². The van der Waals surface area contributed by atoms with Gasteiger partial charge in [-0.1, -0.05) is 178 Å². The van der Waals surface area contributed by atoms with Crippen LogP contribution in [0.1, 0.15) is 207 Å². The number of hydrogen-bond donors (Lipinski definition) is 0. The van der Waals surface area contributed by atoms with Crippen molar-refractivity contribution in [2.45, 2.75) is 213 Å². The molecule has 0 aromatic rings. The number of hydrogen-bond acceptors (Lipinski definition) is 0. The van der Waals surface area contributed by atoms with Gasteiger partial charge in [0.25, 0.3) is 0 Å². The molecule has 0 aromatic heterocycles. The molecule has 44 heavy (non-hydrogen) atoms. The molecule has 0 aliphatic carbocycles. The summed E-state index contributed by atoms with van der Waals surface area (Å²) in [4.78, 5) is 0. The van der Waals surface area contributed by atoms with Crippen LogP contribution in [0.2, 0.25) is 6.32 Å². The Morgan fingerprint density at radius 2 is 0.750 bits per heavy atom. The fourth-order valence-electron chi connectivity index (χ4n) is 5.87. The second kappa shape index (κ2) is 39.8. The molecule has 1 heteroatoms. The summed E-state index contributed by atoms with van der Waals surface area (Å²) in [5, 5.41) is 0. The Morgan fingerprint density at radius 3 is 1.27 bits per heavy atom. The van der Waals surface area contributed by atoms with Gasteiger partial charge < -0.3 is 0 Å². The molecule has 0 atom stereocenters. The van der Waals surface area contributed by atoms with Crippen molar-refractivity contribution < 1.29 is 0 Å². The second-order valence-corrected chi connectivity index (χ2v) is 13.4. The van der Waals surface area contributed by atoms with Crippen molar-refractivity contribution in [1.82, 2.24) is 0 Å². The molecule has 0 spiro atoms. The van der Waals surface area contributed by atoms with Crippen LogP contribution in [0.3, 0.4) is 0 Å². The summed E-state index contributed by atoms with van der Waals surface area (Å²) >= 11 is 0. The second-order valence-electron chi connectivity index (χ2n) is 13.4. The fourth-order valence-corrected chi connectivity index (χ4v) is 5.87. The number of allylic oxidation sites excluding steroid dienone is 10. The maximum atomic E-state index is 2.64. The first-order valence-electron chi connectivity index (χ1n) is 20.1. The lowest BCUT2D eigenvalue weighted by Crippen LogP contribution is -1.98. The van der Waals surface area contributed by atoms with E-state index >= 15 is 0 Å². The molecule has 0 aliphatic heterocycles. The normalized spacial score (nSPS) is 12.7. The zero-order chi connectivity index (χ0) is 31.9. The maximum absolute atomic E-state index is 2.64. The molecule has 0 amide bonds. The van der Waals surface area contributed by atoms with Gasteiger partial charge in [-0.15, -0.1) is 5.47 Å². The molecule has 0 aromatic carbocycles. The van der Waals surface area contributed by atoms with E-state index in [4.69, 9.17) is 0 Å². The molecule has 0 unspecified atom stereocenters. The third-order valence-corrected chi connectivity index (χ3v) is 8.87. The van der Waals surface area contributed by atoms with Crippen molar-refractivity contribution in [3.8, 4) is 0 Å². The number of rotatable bonds is 35. The van der Waals surface area contributed by atoms with Gasteiger partial charge in [-0.3, -0.25) is 0 Å². The van der Waals surface area contributed by atoms with Crippen LogP contribution in [-0.2, 0) is 0 Å². The van der Waals surface area contributed by atoms with Gasteiger partial charge in [0, 0.05) is 0 Å². The van der Waals surface area contributed by atoms with Crippen molar-refractivity contribution in [3.05, 3.63) is 60.2 Å². The average Bonchev–Trinajstić information content (AvgIpc) is 3.03. The van der Waals surface area contributed by atoms with Crippen molar-refractivity contribution in [1.29, 1.82) is 0 Å². The van der Waals surface area contributed by atoms with Crippen LogP contribution in [0.15, 0.2) is 60.2 Å². The first kappa shape index (κ1) is 42.8. The van der Waals surface area contributed by atoms with Gasteiger partial charge in [-0.05, 0) is 89.9 Å². The zero-order valence-corrected chi connectivity index (χ0v) is 30.6. The van der Waals surface area contributed by atoms with Crippen LogP contribution in [0.4, 0.5) is 0 Å². The van der Waals surface area contributed by atoms with Crippen LogP contribution in [0.25, 0.3) is 0 Å². The Balaban J connectivity index is 3.79. The van der Waals surface area contributed by atoms with Gasteiger partial charge in [0.15, 0.2) is 7.28 Å². The average molecular weight is 607 g/mol. The predicted molar refractivity (Wildman–Crippen MR) is 208 cm³/mol. The Hall–Kier alpha value is -1.24. The Morgan fingerprint density at radius 1 is 0.364 bits per heavy atom. The summed E-state index contributed by atoms with van der Waals surface area (Å²) in [7, 11) is 1.36. The van der Waals surface area contributed by atoms with Crippen molar-refractivity contribution in [3.63, 3.8) is 0 Å². The first-order valence-corrected chi connectivity index (χ1v) is 20.1. The van der Waals surface area contributed by atoms with Crippen LogP contribution < -0.4 is 0 Å². The molecule has 0 saturated carbocycles. The molecule has 254 valence electrons. The summed E-state index contributed by atoms with van der Waals surface area (Å²) in [5.74, 6) is 0. The Kier molecular flexibility index (Phi) is 38.7. The minimum atomic E-state index is 1.12. The quantitative estimate of drug-likeness (QED) is 0.0382. The molecular formula is C43H79B. The molecule has 0 saturated heterocycles. The van der Waals surface area contributed by atoms with Crippen LogP contribution in [0, 0.1) is 0 Å². The van der Waals surface area contributed by atoms with E-state index in [2.05, 4.69) is 75.5 Å². The lowest BCUT2D eigenvalue weighted by molar-refractivity contribution is 0.597. The van der Waals surface area contributed by atoms with E-state index in [9.17, 15) is 0 Å². The summed E-state index contributed by atoms with van der Waals surface area (Å²) in [6, 6.07) is 0. The van der Waals surface area contributed by atoms with E-state index in [1.54, 1.807) is 5.47 Å². The van der Waals surface area contributed by atoms with Gasteiger partial charge in [0.2, 0.25) is 0 Å². The lowest BCUT2D eigenvalue weighted by Gasteiger charge is -2.08. The molecule has 0 N–H and O–H groups in total. The van der Waals surface area contributed by atoms with Crippen molar-refractivity contribution in [2.75, 3.05) is 0 Å². The Bertz CT molecular complexity index is 679. The topological polar surface area (TPSA) is 0 Å².